The van der Waals surface area contributed by atoms with Crippen molar-refractivity contribution < 1.29 is 42.9 Å². The second-order valence-electron chi connectivity index (χ2n) is 21.3. The van der Waals surface area contributed by atoms with Gasteiger partial charge in [0.2, 0.25) is 0 Å². The molecule has 0 aliphatic rings. The molecule has 0 aliphatic carbocycles. The fourth-order valence-electron chi connectivity index (χ4n) is 8.42. The standard InChI is InChI=1S/C62H113NO8/c1-6-8-10-12-14-16-18-20-22-24-26-28-30-32-34-36-38-40-42-44-46-48-50-52-59(64)69-56-58(57-70-62(61(66)67)68-55-54-63(3,4)5)71-60(65)53-51-49-47-45-43-41-39-37-35-33-31-29-27-25-23-21-19-17-15-13-11-9-7-2/h19,21,24-27,31,33,58,62H,6-18,20,22-23,28-30,32,34-57H2,1-5H3/b21-19-,26-24-,27-25-,33-31-. The molecule has 0 aromatic rings. The third kappa shape index (κ3) is 54.9. The Morgan fingerprint density at radius 2 is 0.761 bits per heavy atom. The number of carbonyl (C=O) groups excluding carboxylic acids is 3. The van der Waals surface area contributed by atoms with Crippen LogP contribution in [0.25, 0.3) is 0 Å². The summed E-state index contributed by atoms with van der Waals surface area (Å²) < 4.78 is 22.7. The predicted octanol–water partition coefficient (Wildman–Crippen LogP) is 16.1. The first kappa shape index (κ1) is 68.2. The van der Waals surface area contributed by atoms with Crippen LogP contribution >= 0.6 is 0 Å². The number of allylic oxidation sites excluding steroid dienone is 8. The molecule has 9 heteroatoms. The maximum Gasteiger partial charge on any atom is 0.306 e. The lowest BCUT2D eigenvalue weighted by Crippen LogP contribution is -2.44. The van der Waals surface area contributed by atoms with E-state index < -0.39 is 24.3 Å². The van der Waals surface area contributed by atoms with Gasteiger partial charge in [-0.1, -0.05) is 229 Å². The molecule has 0 aliphatic heterocycles. The van der Waals surface area contributed by atoms with E-state index in [1.807, 2.05) is 21.1 Å². The zero-order valence-corrected chi connectivity index (χ0v) is 47.1. The third-order valence-electron chi connectivity index (χ3n) is 13.0. The lowest BCUT2D eigenvalue weighted by Gasteiger charge is -2.26. The van der Waals surface area contributed by atoms with Crippen molar-refractivity contribution in [1.29, 1.82) is 0 Å². The molecule has 0 saturated heterocycles. The first-order chi connectivity index (χ1) is 34.6. The van der Waals surface area contributed by atoms with Gasteiger partial charge >= 0.3 is 11.9 Å². The highest BCUT2D eigenvalue weighted by atomic mass is 16.7. The van der Waals surface area contributed by atoms with Crippen LogP contribution in [0.5, 0.6) is 0 Å². The van der Waals surface area contributed by atoms with E-state index in [2.05, 4.69) is 62.5 Å². The van der Waals surface area contributed by atoms with Crippen LogP contribution < -0.4 is 5.11 Å². The Bertz CT molecular complexity index is 1300. The maximum absolute atomic E-state index is 12.9. The summed E-state index contributed by atoms with van der Waals surface area (Å²) in [5, 5.41) is 11.8. The van der Waals surface area contributed by atoms with E-state index in [1.54, 1.807) is 0 Å². The number of quaternary nitrogens is 1. The number of carboxylic acid groups (broad SMARTS) is 1. The van der Waals surface area contributed by atoms with Crippen molar-refractivity contribution >= 4 is 17.9 Å². The average Bonchev–Trinajstić information content (AvgIpc) is 3.34. The van der Waals surface area contributed by atoms with Crippen LogP contribution in [0.1, 0.15) is 271 Å². The van der Waals surface area contributed by atoms with Crippen molar-refractivity contribution in [3.05, 3.63) is 48.6 Å². The summed E-state index contributed by atoms with van der Waals surface area (Å²) in [5.41, 5.74) is 0. The van der Waals surface area contributed by atoms with E-state index in [-0.39, 0.29) is 32.2 Å². The van der Waals surface area contributed by atoms with E-state index in [0.29, 0.717) is 23.9 Å². The Morgan fingerprint density at radius 1 is 0.423 bits per heavy atom. The second kappa shape index (κ2) is 53.5. The van der Waals surface area contributed by atoms with Crippen molar-refractivity contribution in [3.63, 3.8) is 0 Å². The van der Waals surface area contributed by atoms with Crippen LogP contribution in [-0.2, 0) is 33.3 Å². The molecule has 0 bridgehead atoms. The van der Waals surface area contributed by atoms with Crippen LogP contribution in [0.4, 0.5) is 0 Å². The number of esters is 2. The zero-order valence-electron chi connectivity index (χ0n) is 47.1. The van der Waals surface area contributed by atoms with Crippen LogP contribution in [-0.4, -0.2) is 82.3 Å². The van der Waals surface area contributed by atoms with Gasteiger partial charge in [-0.15, -0.1) is 0 Å². The quantitative estimate of drug-likeness (QED) is 0.0195. The van der Waals surface area contributed by atoms with E-state index >= 15 is 0 Å². The number of likely N-dealkylation sites (N-methyl/N-ethyl adjacent to an activating group) is 1. The Kier molecular flexibility index (Phi) is 51.5. The molecule has 0 heterocycles. The highest BCUT2D eigenvalue weighted by Crippen LogP contribution is 2.16. The molecule has 2 atom stereocenters. The first-order valence-corrected chi connectivity index (χ1v) is 29.8. The van der Waals surface area contributed by atoms with Crippen LogP contribution in [0, 0.1) is 0 Å². The molecule has 0 saturated carbocycles. The summed E-state index contributed by atoms with van der Waals surface area (Å²) in [6.45, 7) is 4.76. The van der Waals surface area contributed by atoms with E-state index in [4.69, 9.17) is 18.9 Å². The van der Waals surface area contributed by atoms with Gasteiger partial charge in [-0.3, -0.25) is 9.59 Å². The number of hydrogen-bond acceptors (Lipinski definition) is 8. The second-order valence-corrected chi connectivity index (χ2v) is 21.3. The van der Waals surface area contributed by atoms with Gasteiger partial charge in [0, 0.05) is 12.8 Å². The minimum absolute atomic E-state index is 0.145. The van der Waals surface area contributed by atoms with Crippen molar-refractivity contribution in [3.8, 4) is 0 Å². The Balaban J connectivity index is 4.25. The average molecular weight is 1000 g/mol. The molecule has 71 heavy (non-hydrogen) atoms. The van der Waals surface area contributed by atoms with Crippen molar-refractivity contribution in [1.82, 2.24) is 0 Å². The summed E-state index contributed by atoms with van der Waals surface area (Å²) in [6.07, 6.45) is 63.0. The van der Waals surface area contributed by atoms with Gasteiger partial charge in [0.1, 0.15) is 13.2 Å². The number of carboxylic acids is 1. The first-order valence-electron chi connectivity index (χ1n) is 29.8. The summed E-state index contributed by atoms with van der Waals surface area (Å²) in [6, 6.07) is 0. The fourth-order valence-corrected chi connectivity index (χ4v) is 8.42. The van der Waals surface area contributed by atoms with E-state index in [9.17, 15) is 19.5 Å². The molecular weight excluding hydrogens is 887 g/mol. The number of carbonyl (C=O) groups is 3. The number of nitrogens with zero attached hydrogens (tertiary/aromatic N) is 1. The SMILES string of the molecule is CCCCCCC/C=C\C/C=C\C/C=C\CCCCCCCCCCC(=O)OC(COC(=O)CCCCCCCCCCCCC/C=C\CCCCCCCCCC)COC(OCC[N+](C)(C)C)C(=O)[O-]. The summed E-state index contributed by atoms with van der Waals surface area (Å²) in [4.78, 5) is 37.3. The van der Waals surface area contributed by atoms with Crippen molar-refractivity contribution in [2.45, 2.75) is 283 Å². The molecule has 0 spiro atoms. The zero-order chi connectivity index (χ0) is 52.0. The van der Waals surface area contributed by atoms with Crippen LogP contribution in [0.2, 0.25) is 0 Å². The maximum atomic E-state index is 12.9. The van der Waals surface area contributed by atoms with Gasteiger partial charge in [0.15, 0.2) is 12.4 Å². The molecule has 9 nitrogen and oxygen atoms in total. The summed E-state index contributed by atoms with van der Waals surface area (Å²) in [5.74, 6) is -2.28. The smallest absolute Gasteiger partial charge is 0.306 e. The fraction of sp³-hybridized carbons (Fsp3) is 0.823. The molecule has 0 radical (unpaired) electrons. The molecule has 2 unspecified atom stereocenters. The molecule has 0 fully saturated rings. The number of unbranched alkanes of at least 4 members (excludes halogenated alkanes) is 32. The van der Waals surface area contributed by atoms with Gasteiger partial charge in [0.05, 0.1) is 40.3 Å². The van der Waals surface area contributed by atoms with Gasteiger partial charge in [-0.05, 0) is 77.0 Å². The van der Waals surface area contributed by atoms with Crippen molar-refractivity contribution in [2.24, 2.45) is 0 Å². The molecule has 0 N–H and O–H groups in total. The predicted molar refractivity (Wildman–Crippen MR) is 297 cm³/mol. The van der Waals surface area contributed by atoms with Crippen molar-refractivity contribution in [2.75, 3.05) is 47.5 Å². The topological polar surface area (TPSA) is 111 Å². The largest absolute Gasteiger partial charge is 0.545 e. The highest BCUT2D eigenvalue weighted by molar-refractivity contribution is 5.70. The number of aliphatic carboxylic acids is 1. The molecule has 0 aromatic carbocycles. The lowest BCUT2D eigenvalue weighted by molar-refractivity contribution is -0.870. The molecule has 0 aromatic heterocycles. The minimum atomic E-state index is -1.62. The number of rotatable bonds is 55. The Morgan fingerprint density at radius 3 is 1.14 bits per heavy atom. The Hall–Kier alpha value is -2.75. The van der Waals surface area contributed by atoms with E-state index in [0.717, 1.165) is 57.8 Å². The van der Waals surface area contributed by atoms with Gasteiger partial charge in [-0.2, -0.15) is 0 Å². The van der Waals surface area contributed by atoms with E-state index in [1.165, 1.54) is 180 Å². The normalized spacial score (nSPS) is 13.1. The monoisotopic (exact) mass is 1000 g/mol. The van der Waals surface area contributed by atoms with Crippen LogP contribution in [0.15, 0.2) is 48.6 Å². The molecule has 414 valence electrons. The van der Waals surface area contributed by atoms with Gasteiger partial charge < -0.3 is 33.3 Å². The molecular formula is C62H113NO8. The summed E-state index contributed by atoms with van der Waals surface area (Å²) >= 11 is 0. The van der Waals surface area contributed by atoms with Gasteiger partial charge in [-0.25, -0.2) is 0 Å². The Labute approximate surface area is 438 Å². The number of ether oxygens (including phenoxy) is 4. The molecule has 0 rings (SSSR count). The molecule has 0 amide bonds. The summed E-state index contributed by atoms with van der Waals surface area (Å²) in [7, 11) is 5.92. The van der Waals surface area contributed by atoms with Gasteiger partial charge in [0.25, 0.3) is 0 Å². The minimum Gasteiger partial charge on any atom is -0.545 e. The third-order valence-corrected chi connectivity index (χ3v) is 13.0. The highest BCUT2D eigenvalue weighted by Gasteiger charge is 2.22. The number of hydrogen-bond donors (Lipinski definition) is 0. The lowest BCUT2D eigenvalue weighted by atomic mass is 10.0. The van der Waals surface area contributed by atoms with Crippen LogP contribution in [0.3, 0.4) is 0 Å².